The molecule has 134 valence electrons. The van der Waals surface area contributed by atoms with Crippen LogP contribution in [0.5, 0.6) is 5.75 Å². The van der Waals surface area contributed by atoms with Gasteiger partial charge in [-0.15, -0.1) is 0 Å². The van der Waals surface area contributed by atoms with Crippen LogP contribution in [0, 0.1) is 6.92 Å². The van der Waals surface area contributed by atoms with Crippen LogP contribution in [0.15, 0.2) is 27.6 Å². The zero-order valence-corrected chi connectivity index (χ0v) is 14.5. The maximum Gasteiger partial charge on any atom is 0.292 e. The number of aryl methyl sites for hydroxylation is 1. The number of nitrogens with zero attached hydrogens (tertiary/aromatic N) is 2. The van der Waals surface area contributed by atoms with E-state index in [1.807, 2.05) is 0 Å². The van der Waals surface area contributed by atoms with E-state index in [2.05, 4.69) is 10.4 Å². The van der Waals surface area contributed by atoms with Crippen molar-refractivity contribution >= 4 is 21.6 Å². The smallest absolute Gasteiger partial charge is 0.292 e. The van der Waals surface area contributed by atoms with Crippen LogP contribution in [0.25, 0.3) is 0 Å². The molecule has 1 fully saturated rings. The predicted octanol–water partition coefficient (Wildman–Crippen LogP) is 0.765. The average molecular weight is 367 g/mol. The number of sulfone groups is 1. The Labute approximate surface area is 143 Å². The van der Waals surface area contributed by atoms with Crippen LogP contribution in [0.4, 0.5) is 5.82 Å². The van der Waals surface area contributed by atoms with Gasteiger partial charge in [0.15, 0.2) is 15.6 Å². The molecule has 1 saturated heterocycles. The van der Waals surface area contributed by atoms with Gasteiger partial charge in [0.25, 0.3) is 5.91 Å². The number of ether oxygens (including phenoxy) is 1. The second-order valence-electron chi connectivity index (χ2n) is 5.80. The van der Waals surface area contributed by atoms with E-state index in [-0.39, 0.29) is 29.1 Å². The molecule has 0 saturated carbocycles. The third-order valence-electron chi connectivity index (χ3n) is 3.90. The molecule has 2 aromatic rings. The number of carbonyl (C=O) groups excluding carboxylic acids is 1. The monoisotopic (exact) mass is 367 g/mol. The molecule has 9 nitrogen and oxygen atoms in total. The Morgan fingerprint density at radius 3 is 2.80 bits per heavy atom. The van der Waals surface area contributed by atoms with E-state index in [4.69, 9.17) is 9.15 Å². The predicted molar refractivity (Wildman–Crippen MR) is 88.8 cm³/mol. The van der Waals surface area contributed by atoms with Crippen molar-refractivity contribution in [3.05, 3.63) is 40.1 Å². The summed E-state index contributed by atoms with van der Waals surface area (Å²) in [7, 11) is -1.77. The van der Waals surface area contributed by atoms with Gasteiger partial charge < -0.3 is 14.5 Å². The molecule has 3 rings (SSSR count). The van der Waals surface area contributed by atoms with Gasteiger partial charge in [0, 0.05) is 12.1 Å². The number of rotatable bonds is 4. The third kappa shape index (κ3) is 3.58. The molecular formula is C15H17N3O6S. The van der Waals surface area contributed by atoms with Crippen molar-refractivity contribution in [2.24, 2.45) is 0 Å². The van der Waals surface area contributed by atoms with Crippen molar-refractivity contribution in [3.8, 4) is 5.75 Å². The number of methoxy groups -OCH3 is 1. The van der Waals surface area contributed by atoms with Gasteiger partial charge in [0.05, 0.1) is 30.4 Å². The van der Waals surface area contributed by atoms with Crippen LogP contribution in [0.1, 0.15) is 28.7 Å². The second-order valence-corrected chi connectivity index (χ2v) is 8.03. The second kappa shape index (κ2) is 6.36. The zero-order chi connectivity index (χ0) is 18.2. The Morgan fingerprint density at radius 1 is 1.44 bits per heavy atom. The van der Waals surface area contributed by atoms with Gasteiger partial charge in [0.1, 0.15) is 12.1 Å². The first-order valence-electron chi connectivity index (χ1n) is 7.54. The number of anilines is 1. The Hall–Kier alpha value is -2.62. The largest absolute Gasteiger partial charge is 0.490 e. The van der Waals surface area contributed by atoms with Gasteiger partial charge in [-0.05, 0) is 13.3 Å². The molecule has 0 bridgehead atoms. The van der Waals surface area contributed by atoms with E-state index in [9.17, 15) is 18.0 Å². The number of carbonyl (C=O) groups is 1. The maximum atomic E-state index is 12.3. The molecular weight excluding hydrogens is 350 g/mol. The molecule has 10 heteroatoms. The van der Waals surface area contributed by atoms with E-state index in [1.54, 1.807) is 13.0 Å². The topological polar surface area (TPSA) is 120 Å². The van der Waals surface area contributed by atoms with E-state index < -0.39 is 21.2 Å². The normalized spacial score (nSPS) is 18.9. The van der Waals surface area contributed by atoms with Gasteiger partial charge in [-0.1, -0.05) is 0 Å². The minimum atomic E-state index is -3.09. The molecule has 0 aromatic carbocycles. The molecule has 0 radical (unpaired) electrons. The first-order valence-corrected chi connectivity index (χ1v) is 9.36. The molecule has 0 unspecified atom stereocenters. The van der Waals surface area contributed by atoms with Gasteiger partial charge in [-0.2, -0.15) is 5.10 Å². The number of amides is 1. The van der Waals surface area contributed by atoms with E-state index in [0.29, 0.717) is 17.9 Å². The fraction of sp³-hybridized carbons (Fsp3) is 0.400. The number of hydrogen-bond acceptors (Lipinski definition) is 7. The summed E-state index contributed by atoms with van der Waals surface area (Å²) in [6.07, 6.45) is 1.49. The lowest BCUT2D eigenvalue weighted by Gasteiger charge is -2.13. The van der Waals surface area contributed by atoms with Crippen LogP contribution in [-0.2, 0) is 9.84 Å². The summed E-state index contributed by atoms with van der Waals surface area (Å²) in [5, 5.41) is 6.88. The number of nitrogens with one attached hydrogen (secondary N) is 1. The first kappa shape index (κ1) is 17.2. The van der Waals surface area contributed by atoms with Crippen molar-refractivity contribution in [1.29, 1.82) is 0 Å². The highest BCUT2D eigenvalue weighted by Crippen LogP contribution is 2.27. The lowest BCUT2D eigenvalue weighted by atomic mass is 10.3. The Balaban J connectivity index is 1.85. The fourth-order valence-corrected chi connectivity index (χ4v) is 4.39. The molecule has 1 aliphatic rings. The Morgan fingerprint density at radius 2 is 2.20 bits per heavy atom. The summed E-state index contributed by atoms with van der Waals surface area (Å²) in [6, 6.07) is 2.32. The van der Waals surface area contributed by atoms with Gasteiger partial charge in [0.2, 0.25) is 11.2 Å². The first-order chi connectivity index (χ1) is 11.8. The third-order valence-corrected chi connectivity index (χ3v) is 5.65. The lowest BCUT2D eigenvalue weighted by Crippen LogP contribution is -2.20. The molecule has 3 heterocycles. The molecule has 1 atom stereocenters. The molecule has 0 aliphatic carbocycles. The van der Waals surface area contributed by atoms with Crippen molar-refractivity contribution < 1.29 is 22.4 Å². The highest BCUT2D eigenvalue weighted by Gasteiger charge is 2.31. The summed E-state index contributed by atoms with van der Waals surface area (Å²) < 4.78 is 34.8. The Bertz CT molecular complexity index is 975. The average Bonchev–Trinajstić information content (AvgIpc) is 3.09. The van der Waals surface area contributed by atoms with Gasteiger partial charge in [-0.3, -0.25) is 9.59 Å². The van der Waals surface area contributed by atoms with Gasteiger partial charge >= 0.3 is 0 Å². The fourth-order valence-electron chi connectivity index (χ4n) is 2.70. The number of aromatic nitrogens is 2. The van der Waals surface area contributed by atoms with Crippen LogP contribution in [-0.4, -0.2) is 42.7 Å². The molecule has 1 amide bonds. The van der Waals surface area contributed by atoms with Crippen molar-refractivity contribution in [1.82, 2.24) is 9.78 Å². The summed E-state index contributed by atoms with van der Waals surface area (Å²) in [5.41, 5.74) is 0.154. The maximum absolute atomic E-state index is 12.3. The van der Waals surface area contributed by atoms with Crippen molar-refractivity contribution in [2.75, 3.05) is 23.9 Å². The van der Waals surface area contributed by atoms with Crippen LogP contribution < -0.4 is 15.5 Å². The molecule has 2 aromatic heterocycles. The molecule has 1 N–H and O–H groups in total. The highest BCUT2D eigenvalue weighted by molar-refractivity contribution is 7.91. The van der Waals surface area contributed by atoms with Crippen LogP contribution in [0.2, 0.25) is 0 Å². The Kier molecular flexibility index (Phi) is 4.38. The summed E-state index contributed by atoms with van der Waals surface area (Å²) >= 11 is 0. The van der Waals surface area contributed by atoms with Gasteiger partial charge in [-0.25, -0.2) is 13.1 Å². The summed E-state index contributed by atoms with van der Waals surface area (Å²) in [4.78, 5) is 24.1. The molecule has 1 aliphatic heterocycles. The number of hydrogen-bond donors (Lipinski definition) is 1. The minimum Gasteiger partial charge on any atom is -0.490 e. The van der Waals surface area contributed by atoms with E-state index in [0.717, 1.165) is 12.3 Å². The SMILES string of the molecule is COc1coc(C(=O)Nc2cc(C)nn2[C@@H]2CCS(=O)(=O)C2)cc1=O. The minimum absolute atomic E-state index is 0.00593. The van der Waals surface area contributed by atoms with Crippen LogP contribution >= 0.6 is 0 Å². The highest BCUT2D eigenvalue weighted by atomic mass is 32.2. The standard InChI is InChI=1S/C15H17N3O6S/c1-9-5-14(18(17-9)10-3-4-25(21,22)8-10)16-15(20)12-6-11(19)13(23-2)7-24-12/h5-7,10H,3-4,8H2,1-2H3,(H,16,20)/t10-/m1/s1. The van der Waals surface area contributed by atoms with Crippen molar-refractivity contribution in [3.63, 3.8) is 0 Å². The zero-order valence-electron chi connectivity index (χ0n) is 13.7. The molecule has 0 spiro atoms. The lowest BCUT2D eigenvalue weighted by molar-refractivity contribution is 0.0992. The van der Waals surface area contributed by atoms with E-state index in [1.165, 1.54) is 11.8 Å². The van der Waals surface area contributed by atoms with Crippen LogP contribution in [0.3, 0.4) is 0 Å². The summed E-state index contributed by atoms with van der Waals surface area (Å²) in [5.74, 6) is -0.403. The summed E-state index contributed by atoms with van der Waals surface area (Å²) in [6.45, 7) is 1.74. The quantitative estimate of drug-likeness (QED) is 0.847. The van der Waals surface area contributed by atoms with E-state index >= 15 is 0 Å². The van der Waals surface area contributed by atoms with Crippen molar-refractivity contribution in [2.45, 2.75) is 19.4 Å². The molecule has 25 heavy (non-hydrogen) atoms.